The van der Waals surface area contributed by atoms with Crippen molar-refractivity contribution in [3.05, 3.63) is 82.8 Å². The predicted molar refractivity (Wildman–Crippen MR) is 132 cm³/mol. The number of aromatic nitrogens is 4. The minimum Gasteiger partial charge on any atom is -0.317 e. The summed E-state index contributed by atoms with van der Waals surface area (Å²) in [6, 6.07) is 13.9. The third kappa shape index (κ3) is 4.35. The fourth-order valence-electron chi connectivity index (χ4n) is 4.65. The minimum atomic E-state index is -0.366. The smallest absolute Gasteiger partial charge is 0.274 e. The van der Waals surface area contributed by atoms with E-state index in [1.807, 2.05) is 4.68 Å². The third-order valence-electron chi connectivity index (χ3n) is 6.48. The van der Waals surface area contributed by atoms with Crippen molar-refractivity contribution < 1.29 is 8.78 Å². The van der Waals surface area contributed by atoms with E-state index in [1.165, 1.54) is 24.3 Å². The molecule has 0 saturated carbocycles. The molecular formula is C26H26F2N6O. The van der Waals surface area contributed by atoms with Gasteiger partial charge in [0.15, 0.2) is 0 Å². The van der Waals surface area contributed by atoms with E-state index in [0.29, 0.717) is 28.5 Å². The molecule has 5 rings (SSSR count). The first kappa shape index (κ1) is 22.9. The Labute approximate surface area is 201 Å². The van der Waals surface area contributed by atoms with E-state index < -0.39 is 0 Å². The lowest BCUT2D eigenvalue weighted by molar-refractivity contribution is 0.313. The molecule has 2 aromatic heterocycles. The molecule has 0 spiro atoms. The van der Waals surface area contributed by atoms with Crippen molar-refractivity contribution in [1.29, 1.82) is 0 Å². The van der Waals surface area contributed by atoms with Crippen molar-refractivity contribution in [3.8, 4) is 22.5 Å². The van der Waals surface area contributed by atoms with Gasteiger partial charge in [-0.2, -0.15) is 0 Å². The number of nitrogens with one attached hydrogen (secondary N) is 1. The molecule has 0 unspecified atom stereocenters. The first-order valence-corrected chi connectivity index (χ1v) is 11.5. The van der Waals surface area contributed by atoms with Crippen LogP contribution in [0.15, 0.2) is 65.6 Å². The number of benzene rings is 2. The maximum absolute atomic E-state index is 13.7. The van der Waals surface area contributed by atoms with Gasteiger partial charge in [0.1, 0.15) is 11.6 Å². The molecule has 1 aliphatic heterocycles. The molecule has 180 valence electrons. The molecule has 1 N–H and O–H groups in total. The van der Waals surface area contributed by atoms with Crippen LogP contribution in [0.4, 0.5) is 20.4 Å². The maximum Gasteiger partial charge on any atom is 0.274 e. The Balaban J connectivity index is 1.69. The average molecular weight is 477 g/mol. The molecular weight excluding hydrogens is 450 g/mol. The maximum atomic E-state index is 13.7. The van der Waals surface area contributed by atoms with Crippen LogP contribution in [0.25, 0.3) is 22.5 Å². The van der Waals surface area contributed by atoms with E-state index in [0.717, 1.165) is 31.6 Å². The molecule has 1 fully saturated rings. The molecule has 0 radical (unpaired) electrons. The molecule has 0 amide bonds. The first-order valence-electron chi connectivity index (χ1n) is 11.5. The van der Waals surface area contributed by atoms with E-state index in [-0.39, 0.29) is 23.2 Å². The average Bonchev–Trinajstić information content (AvgIpc) is 3.15. The Kier molecular flexibility index (Phi) is 6.17. The Hall–Kier alpha value is -3.85. The standard InChI is InChI=1S/C26H26F2N6O/c1-32(20-9-7-19(28)8-10-20)26-30-16-13-22(31-26)24-23(17-3-5-18(27)6-4-17)25(35)33(2)34(24)21-11-14-29-15-12-21/h3-10,13,16,21,29H,11-12,14-15H2,1-2H3. The summed E-state index contributed by atoms with van der Waals surface area (Å²) in [7, 11) is 3.56. The van der Waals surface area contributed by atoms with Gasteiger partial charge in [0.2, 0.25) is 5.95 Å². The van der Waals surface area contributed by atoms with Crippen molar-refractivity contribution in [2.75, 3.05) is 25.0 Å². The van der Waals surface area contributed by atoms with E-state index in [1.54, 1.807) is 60.2 Å². The van der Waals surface area contributed by atoms with Crippen LogP contribution in [0.2, 0.25) is 0 Å². The molecule has 3 heterocycles. The Morgan fingerprint density at radius 2 is 1.60 bits per heavy atom. The van der Waals surface area contributed by atoms with Crippen molar-refractivity contribution in [3.63, 3.8) is 0 Å². The SMILES string of the molecule is CN(c1ccc(F)cc1)c1nccc(-c2c(-c3ccc(F)cc3)c(=O)n(C)n2C2CCNCC2)n1. The molecule has 2 aromatic carbocycles. The Bertz CT molecular complexity index is 1390. The van der Waals surface area contributed by atoms with Crippen molar-refractivity contribution >= 4 is 11.6 Å². The molecule has 0 bridgehead atoms. The largest absolute Gasteiger partial charge is 0.317 e. The van der Waals surface area contributed by atoms with Gasteiger partial charge in [-0.3, -0.25) is 14.2 Å². The highest BCUT2D eigenvalue weighted by atomic mass is 19.1. The Morgan fingerprint density at radius 3 is 2.26 bits per heavy atom. The number of rotatable bonds is 5. The highest BCUT2D eigenvalue weighted by molar-refractivity contribution is 5.80. The van der Waals surface area contributed by atoms with E-state index in [4.69, 9.17) is 4.98 Å². The topological polar surface area (TPSA) is 68.0 Å². The van der Waals surface area contributed by atoms with Gasteiger partial charge in [0.25, 0.3) is 5.56 Å². The molecule has 1 aliphatic rings. The molecule has 7 nitrogen and oxygen atoms in total. The number of anilines is 2. The quantitative estimate of drug-likeness (QED) is 0.466. The Morgan fingerprint density at radius 1 is 0.971 bits per heavy atom. The van der Waals surface area contributed by atoms with Crippen LogP contribution in [0.1, 0.15) is 18.9 Å². The van der Waals surface area contributed by atoms with Crippen molar-refractivity contribution in [1.82, 2.24) is 24.6 Å². The van der Waals surface area contributed by atoms with Crippen LogP contribution in [0.3, 0.4) is 0 Å². The van der Waals surface area contributed by atoms with E-state index in [9.17, 15) is 13.6 Å². The first-order chi connectivity index (χ1) is 16.9. The van der Waals surface area contributed by atoms with Gasteiger partial charge in [0, 0.05) is 26.0 Å². The fourth-order valence-corrected chi connectivity index (χ4v) is 4.65. The molecule has 0 atom stereocenters. The van der Waals surface area contributed by atoms with Crippen molar-refractivity contribution in [2.45, 2.75) is 18.9 Å². The normalized spacial score (nSPS) is 14.3. The van der Waals surface area contributed by atoms with Gasteiger partial charge < -0.3 is 10.2 Å². The van der Waals surface area contributed by atoms with Crippen molar-refractivity contribution in [2.24, 2.45) is 7.05 Å². The van der Waals surface area contributed by atoms with Crippen LogP contribution < -0.4 is 15.8 Å². The fraction of sp³-hybridized carbons (Fsp3) is 0.269. The highest BCUT2D eigenvalue weighted by Crippen LogP contribution is 2.34. The summed E-state index contributed by atoms with van der Waals surface area (Å²) in [6.45, 7) is 1.70. The summed E-state index contributed by atoms with van der Waals surface area (Å²) in [5.41, 5.74) is 2.91. The van der Waals surface area contributed by atoms with Gasteiger partial charge >= 0.3 is 0 Å². The minimum absolute atomic E-state index is 0.103. The molecule has 4 aromatic rings. The zero-order chi connectivity index (χ0) is 24.5. The second-order valence-electron chi connectivity index (χ2n) is 8.66. The van der Waals surface area contributed by atoms with Gasteiger partial charge in [-0.25, -0.2) is 18.7 Å². The summed E-state index contributed by atoms with van der Waals surface area (Å²) >= 11 is 0. The second kappa shape index (κ2) is 9.42. The summed E-state index contributed by atoms with van der Waals surface area (Å²) in [5, 5.41) is 3.37. The van der Waals surface area contributed by atoms with Gasteiger partial charge in [-0.1, -0.05) is 12.1 Å². The number of hydrogen-bond donors (Lipinski definition) is 1. The number of halogens is 2. The zero-order valence-electron chi connectivity index (χ0n) is 19.6. The number of hydrogen-bond acceptors (Lipinski definition) is 5. The summed E-state index contributed by atoms with van der Waals surface area (Å²) in [6.07, 6.45) is 3.38. The summed E-state index contributed by atoms with van der Waals surface area (Å²) in [5.74, 6) is -0.279. The van der Waals surface area contributed by atoms with E-state index in [2.05, 4.69) is 10.3 Å². The van der Waals surface area contributed by atoms with Gasteiger partial charge in [-0.05, 0) is 74.0 Å². The highest BCUT2D eigenvalue weighted by Gasteiger charge is 2.28. The molecule has 35 heavy (non-hydrogen) atoms. The lowest BCUT2D eigenvalue weighted by atomic mass is 10.0. The molecule has 1 saturated heterocycles. The lowest BCUT2D eigenvalue weighted by Crippen LogP contribution is -2.33. The van der Waals surface area contributed by atoms with Crippen LogP contribution in [0.5, 0.6) is 0 Å². The zero-order valence-corrected chi connectivity index (χ0v) is 19.6. The summed E-state index contributed by atoms with van der Waals surface area (Å²) in [4.78, 5) is 24.5. The van der Waals surface area contributed by atoms with Crippen LogP contribution >= 0.6 is 0 Å². The molecule has 0 aliphatic carbocycles. The number of nitrogens with zero attached hydrogens (tertiary/aromatic N) is 5. The van der Waals surface area contributed by atoms with Crippen LogP contribution in [-0.2, 0) is 7.05 Å². The summed E-state index contributed by atoms with van der Waals surface area (Å²) < 4.78 is 30.8. The third-order valence-corrected chi connectivity index (χ3v) is 6.48. The van der Waals surface area contributed by atoms with Crippen LogP contribution in [0, 0.1) is 11.6 Å². The predicted octanol–water partition coefficient (Wildman–Crippen LogP) is 4.28. The molecule has 9 heteroatoms. The van der Waals surface area contributed by atoms with Gasteiger partial charge in [0.05, 0.1) is 23.0 Å². The van der Waals surface area contributed by atoms with Crippen LogP contribution in [-0.4, -0.2) is 39.5 Å². The second-order valence-corrected chi connectivity index (χ2v) is 8.66. The van der Waals surface area contributed by atoms with E-state index >= 15 is 0 Å². The lowest BCUT2D eigenvalue weighted by Gasteiger charge is -2.27. The number of piperidine rings is 1. The monoisotopic (exact) mass is 476 g/mol. The van der Waals surface area contributed by atoms with Gasteiger partial charge in [-0.15, -0.1) is 0 Å².